The number of benzene rings is 3. The number of carbonyl (C=O) groups is 2. The number of aliphatic hydroxyl groups excluding tert-OH is 1. The van der Waals surface area contributed by atoms with Gasteiger partial charge in [0.1, 0.15) is 17.6 Å². The van der Waals surface area contributed by atoms with Crippen LogP contribution in [-0.2, 0) is 15.7 Å². The fraction of sp³-hybridized carbons (Fsp3) is 0.226. The lowest BCUT2D eigenvalue weighted by Crippen LogP contribution is -2.38. The molecular weight excluding hydrogens is 540 g/mol. The Morgan fingerprint density at radius 3 is 2.20 bits per heavy atom. The predicted molar refractivity (Wildman–Crippen MR) is 144 cm³/mol. The monoisotopic (exact) mass is 566 g/mol. The van der Waals surface area contributed by atoms with Gasteiger partial charge in [0, 0.05) is 30.6 Å². The molecular formula is C31H26F4N2O4. The lowest BCUT2D eigenvalue weighted by molar-refractivity contribution is -0.160. The Morgan fingerprint density at radius 1 is 0.951 bits per heavy atom. The van der Waals surface area contributed by atoms with E-state index in [0.29, 0.717) is 11.3 Å². The highest BCUT2D eigenvalue weighted by atomic mass is 19.4. The van der Waals surface area contributed by atoms with Gasteiger partial charge in [-0.15, -0.1) is 0 Å². The van der Waals surface area contributed by atoms with Crippen molar-refractivity contribution in [2.75, 3.05) is 11.4 Å². The standard InChI is InChI=1S/C31H26F4N2O4/c32-21-13-11-20(12-14-21)28-26(19-7-3-1-4-8-19)27(29(36-28)31(33,34)35)30(40)37(22-9-5-2-6-10-22)16-15-24-17-23(38)18-25(39)41-24/h1-14,23-24,36,38H,15-18H2/t23-,24-/m0/s1. The molecule has 6 nitrogen and oxygen atoms in total. The van der Waals surface area contributed by atoms with Gasteiger partial charge in [0.25, 0.3) is 5.91 Å². The van der Waals surface area contributed by atoms with Crippen LogP contribution in [0.2, 0.25) is 0 Å². The van der Waals surface area contributed by atoms with E-state index < -0.39 is 47.3 Å². The molecule has 1 aliphatic heterocycles. The molecule has 0 spiro atoms. The predicted octanol–water partition coefficient (Wildman–Crippen LogP) is 6.61. The number of esters is 1. The molecule has 2 N–H and O–H groups in total. The Morgan fingerprint density at radius 2 is 1.59 bits per heavy atom. The van der Waals surface area contributed by atoms with Gasteiger partial charge < -0.3 is 19.7 Å². The lowest BCUT2D eigenvalue weighted by atomic mass is 9.95. The molecule has 212 valence electrons. The molecule has 1 amide bonds. The van der Waals surface area contributed by atoms with Crippen LogP contribution < -0.4 is 4.90 Å². The maximum Gasteiger partial charge on any atom is 0.432 e. The van der Waals surface area contributed by atoms with Crippen molar-refractivity contribution in [1.82, 2.24) is 4.98 Å². The van der Waals surface area contributed by atoms with E-state index in [1.807, 2.05) is 0 Å². The molecule has 10 heteroatoms. The van der Waals surface area contributed by atoms with E-state index in [1.54, 1.807) is 60.7 Å². The number of cyclic esters (lactones) is 1. The number of ether oxygens (including phenoxy) is 1. The van der Waals surface area contributed by atoms with E-state index in [1.165, 1.54) is 17.0 Å². The van der Waals surface area contributed by atoms with Gasteiger partial charge in [-0.2, -0.15) is 13.2 Å². The smallest absolute Gasteiger partial charge is 0.432 e. The number of aliphatic hydroxyl groups is 1. The van der Waals surface area contributed by atoms with Gasteiger partial charge >= 0.3 is 12.1 Å². The summed E-state index contributed by atoms with van der Waals surface area (Å²) in [4.78, 5) is 29.8. The van der Waals surface area contributed by atoms with Crippen LogP contribution in [0.15, 0.2) is 84.9 Å². The van der Waals surface area contributed by atoms with E-state index in [0.717, 1.165) is 12.1 Å². The zero-order valence-electron chi connectivity index (χ0n) is 21.7. The van der Waals surface area contributed by atoms with Crippen molar-refractivity contribution >= 4 is 17.6 Å². The Hall–Kier alpha value is -4.44. The summed E-state index contributed by atoms with van der Waals surface area (Å²) in [5, 5.41) is 10.0. The van der Waals surface area contributed by atoms with Crippen molar-refractivity contribution in [2.24, 2.45) is 0 Å². The Kier molecular flexibility index (Phi) is 7.94. The number of aromatic amines is 1. The number of anilines is 1. The number of aromatic nitrogens is 1. The number of nitrogens with one attached hydrogen (secondary N) is 1. The Labute approximate surface area is 233 Å². The highest BCUT2D eigenvalue weighted by Gasteiger charge is 2.42. The third kappa shape index (κ3) is 6.17. The van der Waals surface area contributed by atoms with Gasteiger partial charge in [-0.25, -0.2) is 4.39 Å². The second-order valence-corrected chi connectivity index (χ2v) is 9.78. The Balaban J connectivity index is 1.65. The minimum atomic E-state index is -4.93. The van der Waals surface area contributed by atoms with Crippen LogP contribution in [0.25, 0.3) is 22.4 Å². The number of para-hydroxylation sites is 1. The van der Waals surface area contributed by atoms with Gasteiger partial charge in [-0.1, -0.05) is 48.5 Å². The molecule has 2 heterocycles. The quantitative estimate of drug-likeness (QED) is 0.195. The molecule has 1 fully saturated rings. The second-order valence-electron chi connectivity index (χ2n) is 9.78. The van der Waals surface area contributed by atoms with Gasteiger partial charge in [0.2, 0.25) is 0 Å². The summed E-state index contributed by atoms with van der Waals surface area (Å²) in [6, 6.07) is 21.4. The van der Waals surface area contributed by atoms with Crippen molar-refractivity contribution < 1.29 is 37.0 Å². The SMILES string of the molecule is O=C1C[C@@H](O)C[C@H](CCN(C(=O)c2c(C(F)(F)F)[nH]c(-c3ccc(F)cc3)c2-c2ccccc2)c2ccccc2)O1. The highest BCUT2D eigenvalue weighted by molar-refractivity contribution is 6.13. The van der Waals surface area contributed by atoms with Gasteiger partial charge in [0.15, 0.2) is 0 Å². The molecule has 41 heavy (non-hydrogen) atoms. The first kappa shape index (κ1) is 28.1. The number of hydrogen-bond acceptors (Lipinski definition) is 4. The first-order chi connectivity index (χ1) is 19.6. The topological polar surface area (TPSA) is 82.6 Å². The van der Waals surface area contributed by atoms with E-state index in [2.05, 4.69) is 4.98 Å². The molecule has 0 radical (unpaired) electrons. The maximum atomic E-state index is 14.6. The number of carbonyl (C=O) groups excluding carboxylic acids is 2. The third-order valence-electron chi connectivity index (χ3n) is 6.92. The summed E-state index contributed by atoms with van der Waals surface area (Å²) in [6.45, 7) is -0.0872. The zero-order chi connectivity index (χ0) is 29.1. The number of amides is 1. The van der Waals surface area contributed by atoms with Crippen molar-refractivity contribution in [2.45, 2.75) is 37.6 Å². The van der Waals surface area contributed by atoms with Crippen LogP contribution in [0.1, 0.15) is 35.3 Å². The van der Waals surface area contributed by atoms with Crippen LogP contribution >= 0.6 is 0 Å². The van der Waals surface area contributed by atoms with Gasteiger partial charge in [-0.05, 0) is 47.5 Å². The fourth-order valence-corrected chi connectivity index (χ4v) is 5.05. The normalized spacial score (nSPS) is 17.2. The number of H-pyrrole nitrogens is 1. The minimum absolute atomic E-state index is 0.0178. The summed E-state index contributed by atoms with van der Waals surface area (Å²) in [6.07, 6.45) is -6.42. The van der Waals surface area contributed by atoms with E-state index in [9.17, 15) is 32.3 Å². The number of alkyl halides is 3. The second kappa shape index (κ2) is 11.6. The zero-order valence-corrected chi connectivity index (χ0v) is 21.7. The number of hydrogen-bond donors (Lipinski definition) is 2. The first-order valence-electron chi connectivity index (χ1n) is 13.0. The van der Waals surface area contributed by atoms with Crippen molar-refractivity contribution in [3.8, 4) is 22.4 Å². The van der Waals surface area contributed by atoms with Gasteiger partial charge in [0.05, 0.1) is 23.8 Å². The molecule has 0 aliphatic carbocycles. The molecule has 0 bridgehead atoms. The molecule has 1 aromatic heterocycles. The van der Waals surface area contributed by atoms with E-state index in [4.69, 9.17) is 4.74 Å². The Bertz CT molecular complexity index is 1520. The summed E-state index contributed by atoms with van der Waals surface area (Å²) in [5.74, 6) is -2.06. The van der Waals surface area contributed by atoms with Crippen LogP contribution in [0, 0.1) is 5.82 Å². The van der Waals surface area contributed by atoms with E-state index >= 15 is 0 Å². The summed E-state index contributed by atoms with van der Waals surface area (Å²) >= 11 is 0. The average molecular weight is 567 g/mol. The molecule has 5 rings (SSSR count). The molecule has 4 aromatic rings. The third-order valence-corrected chi connectivity index (χ3v) is 6.92. The largest absolute Gasteiger partial charge is 0.462 e. The average Bonchev–Trinajstić information content (AvgIpc) is 3.36. The van der Waals surface area contributed by atoms with Crippen molar-refractivity contribution in [1.29, 1.82) is 0 Å². The fourth-order valence-electron chi connectivity index (χ4n) is 5.05. The number of rotatable bonds is 7. The van der Waals surface area contributed by atoms with Gasteiger partial charge in [-0.3, -0.25) is 9.59 Å². The summed E-state index contributed by atoms with van der Waals surface area (Å²) in [7, 11) is 0. The molecule has 0 saturated carbocycles. The molecule has 0 unspecified atom stereocenters. The van der Waals surface area contributed by atoms with Crippen molar-refractivity contribution in [3.05, 3.63) is 102 Å². The number of nitrogens with zero attached hydrogens (tertiary/aromatic N) is 1. The van der Waals surface area contributed by atoms with Crippen LogP contribution in [-0.4, -0.2) is 40.7 Å². The van der Waals surface area contributed by atoms with Crippen molar-refractivity contribution in [3.63, 3.8) is 0 Å². The minimum Gasteiger partial charge on any atom is -0.462 e. The molecule has 3 aromatic carbocycles. The summed E-state index contributed by atoms with van der Waals surface area (Å²) in [5.41, 5.74) is -0.812. The van der Waals surface area contributed by atoms with Crippen LogP contribution in [0.3, 0.4) is 0 Å². The molecule has 2 atom stereocenters. The lowest BCUT2D eigenvalue weighted by Gasteiger charge is -2.29. The van der Waals surface area contributed by atoms with Crippen LogP contribution in [0.5, 0.6) is 0 Å². The highest BCUT2D eigenvalue weighted by Crippen LogP contribution is 2.43. The maximum absolute atomic E-state index is 14.6. The first-order valence-corrected chi connectivity index (χ1v) is 13.0. The molecule has 1 saturated heterocycles. The summed E-state index contributed by atoms with van der Waals surface area (Å²) < 4.78 is 62.8. The number of halogens is 4. The van der Waals surface area contributed by atoms with E-state index in [-0.39, 0.29) is 42.6 Å². The van der Waals surface area contributed by atoms with Crippen LogP contribution in [0.4, 0.5) is 23.2 Å². The molecule has 1 aliphatic rings.